The molecule has 3 rings (SSSR count). The van der Waals surface area contributed by atoms with Gasteiger partial charge in [0.2, 0.25) is 11.9 Å². The second-order valence-electron chi connectivity index (χ2n) is 6.51. The number of hydrogen-bond donors (Lipinski definition) is 1. The van der Waals surface area contributed by atoms with E-state index >= 15 is 0 Å². The average molecular weight is 408 g/mol. The van der Waals surface area contributed by atoms with Crippen molar-refractivity contribution in [3.8, 4) is 0 Å². The van der Waals surface area contributed by atoms with E-state index in [0.29, 0.717) is 36.1 Å². The molecule has 2 aromatic rings. The fourth-order valence-electron chi connectivity index (χ4n) is 3.13. The summed E-state index contributed by atoms with van der Waals surface area (Å²) in [5.74, 6) is 0.880. The van der Waals surface area contributed by atoms with Crippen molar-refractivity contribution >= 4 is 35.1 Å². The number of anilines is 1. The van der Waals surface area contributed by atoms with Crippen LogP contribution in [-0.4, -0.2) is 53.5 Å². The number of piperazine rings is 1. The van der Waals surface area contributed by atoms with Crippen LogP contribution >= 0.6 is 23.2 Å². The summed E-state index contributed by atoms with van der Waals surface area (Å²) in [5.41, 5.74) is 0.977. The first-order valence-corrected chi connectivity index (χ1v) is 9.78. The van der Waals surface area contributed by atoms with Crippen molar-refractivity contribution in [1.29, 1.82) is 0 Å². The number of halogens is 2. The predicted octanol–water partition coefficient (Wildman–Crippen LogP) is 3.17. The van der Waals surface area contributed by atoms with Crippen LogP contribution < -0.4 is 10.2 Å². The van der Waals surface area contributed by atoms with Crippen LogP contribution in [0.25, 0.3) is 0 Å². The van der Waals surface area contributed by atoms with Crippen molar-refractivity contribution in [2.24, 2.45) is 0 Å². The van der Waals surface area contributed by atoms with E-state index in [9.17, 15) is 4.79 Å². The molecule has 1 aliphatic heterocycles. The first kappa shape index (κ1) is 19.9. The number of amides is 1. The summed E-state index contributed by atoms with van der Waals surface area (Å²) in [6.07, 6.45) is 3.93. The van der Waals surface area contributed by atoms with Crippen molar-refractivity contribution < 1.29 is 4.79 Å². The zero-order valence-electron chi connectivity index (χ0n) is 15.2. The SMILES string of the molecule is C[C@H](NCCC(=O)N1CCN(c2ncccn2)CC1)c1ccc(Cl)cc1Cl. The zero-order chi connectivity index (χ0) is 19.2. The van der Waals surface area contributed by atoms with E-state index in [-0.39, 0.29) is 11.9 Å². The van der Waals surface area contributed by atoms with Gasteiger partial charge in [-0.25, -0.2) is 9.97 Å². The minimum atomic E-state index is 0.0506. The Bertz CT molecular complexity index is 766. The topological polar surface area (TPSA) is 61.4 Å². The van der Waals surface area contributed by atoms with Crippen LogP contribution in [-0.2, 0) is 4.79 Å². The molecule has 0 radical (unpaired) electrons. The van der Waals surface area contributed by atoms with Crippen molar-refractivity contribution in [3.63, 3.8) is 0 Å². The van der Waals surface area contributed by atoms with Gasteiger partial charge in [0.1, 0.15) is 0 Å². The molecule has 8 heteroatoms. The maximum atomic E-state index is 12.5. The Hall–Kier alpha value is -1.89. The highest BCUT2D eigenvalue weighted by atomic mass is 35.5. The molecule has 1 fully saturated rings. The smallest absolute Gasteiger partial charge is 0.225 e. The van der Waals surface area contributed by atoms with Crippen LogP contribution in [0.2, 0.25) is 10.0 Å². The van der Waals surface area contributed by atoms with Gasteiger partial charge in [0.05, 0.1) is 0 Å². The maximum absolute atomic E-state index is 12.5. The van der Waals surface area contributed by atoms with Gasteiger partial charge in [-0.2, -0.15) is 0 Å². The van der Waals surface area contributed by atoms with Gasteiger partial charge < -0.3 is 15.1 Å². The third kappa shape index (κ3) is 5.31. The standard InChI is InChI=1S/C19H23Cl2N5O/c1-14(16-4-3-15(20)13-17(16)21)22-8-5-18(27)25-9-11-26(12-10-25)19-23-6-2-7-24-19/h2-4,6-7,13-14,22H,5,8-12H2,1H3/t14-/m0/s1. The lowest BCUT2D eigenvalue weighted by molar-refractivity contribution is -0.131. The van der Waals surface area contributed by atoms with E-state index in [1.165, 1.54) is 0 Å². The van der Waals surface area contributed by atoms with E-state index in [1.807, 2.05) is 24.0 Å². The van der Waals surface area contributed by atoms with E-state index in [4.69, 9.17) is 23.2 Å². The molecule has 1 atom stereocenters. The van der Waals surface area contributed by atoms with Crippen molar-refractivity contribution in [2.45, 2.75) is 19.4 Å². The monoisotopic (exact) mass is 407 g/mol. The molecule has 1 N–H and O–H groups in total. The minimum absolute atomic E-state index is 0.0506. The fourth-order valence-corrected chi connectivity index (χ4v) is 3.70. The van der Waals surface area contributed by atoms with Gasteiger partial charge in [-0.1, -0.05) is 29.3 Å². The summed E-state index contributed by atoms with van der Waals surface area (Å²) >= 11 is 12.2. The molecule has 0 bridgehead atoms. The summed E-state index contributed by atoms with van der Waals surface area (Å²) in [4.78, 5) is 25.0. The maximum Gasteiger partial charge on any atom is 0.225 e. The molecular formula is C19H23Cl2N5O. The predicted molar refractivity (Wildman–Crippen MR) is 108 cm³/mol. The Kier molecular flexibility index (Phi) is 6.88. The Morgan fingerprint density at radius 1 is 1.19 bits per heavy atom. The molecule has 0 aliphatic carbocycles. The summed E-state index contributed by atoms with van der Waals surface area (Å²) in [5, 5.41) is 4.61. The quantitative estimate of drug-likeness (QED) is 0.796. The summed E-state index contributed by atoms with van der Waals surface area (Å²) in [6.45, 7) is 5.50. The Morgan fingerprint density at radius 3 is 2.56 bits per heavy atom. The first-order valence-electron chi connectivity index (χ1n) is 9.02. The van der Waals surface area contributed by atoms with Gasteiger partial charge in [0.15, 0.2) is 0 Å². The molecule has 1 saturated heterocycles. The van der Waals surface area contributed by atoms with Crippen molar-refractivity contribution in [3.05, 3.63) is 52.3 Å². The van der Waals surface area contributed by atoms with Crippen LogP contribution in [0.15, 0.2) is 36.7 Å². The molecule has 1 amide bonds. The summed E-state index contributed by atoms with van der Waals surface area (Å²) in [7, 11) is 0. The highest BCUT2D eigenvalue weighted by Gasteiger charge is 2.22. The second kappa shape index (κ2) is 9.35. The van der Waals surface area contributed by atoms with E-state index < -0.39 is 0 Å². The number of aromatic nitrogens is 2. The second-order valence-corrected chi connectivity index (χ2v) is 7.35. The van der Waals surface area contributed by atoms with Gasteiger partial charge >= 0.3 is 0 Å². The molecule has 1 aliphatic rings. The number of benzene rings is 1. The minimum Gasteiger partial charge on any atom is -0.339 e. The molecule has 27 heavy (non-hydrogen) atoms. The largest absolute Gasteiger partial charge is 0.339 e. The van der Waals surface area contributed by atoms with Crippen LogP contribution in [0.5, 0.6) is 0 Å². The molecule has 1 aromatic heterocycles. The van der Waals surface area contributed by atoms with E-state index in [1.54, 1.807) is 24.5 Å². The third-order valence-corrected chi connectivity index (χ3v) is 5.25. The molecule has 6 nitrogen and oxygen atoms in total. The number of nitrogens with one attached hydrogen (secondary N) is 1. The number of nitrogens with zero attached hydrogens (tertiary/aromatic N) is 4. The average Bonchev–Trinajstić information content (AvgIpc) is 2.68. The number of hydrogen-bond acceptors (Lipinski definition) is 5. The lowest BCUT2D eigenvalue weighted by Gasteiger charge is -2.34. The van der Waals surface area contributed by atoms with Crippen LogP contribution in [0.1, 0.15) is 24.9 Å². The van der Waals surface area contributed by atoms with Crippen molar-refractivity contribution in [1.82, 2.24) is 20.2 Å². The highest BCUT2D eigenvalue weighted by molar-refractivity contribution is 6.35. The molecule has 0 spiro atoms. The molecule has 0 unspecified atom stereocenters. The normalized spacial score (nSPS) is 15.7. The lowest BCUT2D eigenvalue weighted by atomic mass is 10.1. The Labute approximate surface area is 169 Å². The summed E-state index contributed by atoms with van der Waals surface area (Å²) in [6, 6.07) is 7.32. The van der Waals surface area contributed by atoms with Crippen LogP contribution in [0.4, 0.5) is 5.95 Å². The van der Waals surface area contributed by atoms with Gasteiger partial charge in [-0.15, -0.1) is 0 Å². The van der Waals surface area contributed by atoms with Crippen LogP contribution in [0.3, 0.4) is 0 Å². The zero-order valence-corrected chi connectivity index (χ0v) is 16.7. The van der Waals surface area contributed by atoms with Crippen LogP contribution in [0, 0.1) is 0 Å². The number of carbonyl (C=O) groups excluding carboxylic acids is 1. The van der Waals surface area contributed by atoms with Gasteiger partial charge in [0.25, 0.3) is 0 Å². The van der Waals surface area contributed by atoms with Gasteiger partial charge in [-0.3, -0.25) is 4.79 Å². The summed E-state index contributed by atoms with van der Waals surface area (Å²) < 4.78 is 0. The van der Waals surface area contributed by atoms with E-state index in [2.05, 4.69) is 20.2 Å². The van der Waals surface area contributed by atoms with Crippen molar-refractivity contribution in [2.75, 3.05) is 37.6 Å². The Morgan fingerprint density at radius 2 is 1.89 bits per heavy atom. The molecule has 1 aromatic carbocycles. The first-order chi connectivity index (χ1) is 13.0. The Balaban J connectivity index is 1.42. The van der Waals surface area contributed by atoms with Gasteiger partial charge in [-0.05, 0) is 30.7 Å². The molecule has 144 valence electrons. The third-order valence-electron chi connectivity index (χ3n) is 4.69. The number of rotatable bonds is 6. The lowest BCUT2D eigenvalue weighted by Crippen LogP contribution is -2.49. The van der Waals surface area contributed by atoms with Gasteiger partial charge in [0, 0.05) is 67.6 Å². The van der Waals surface area contributed by atoms with E-state index in [0.717, 1.165) is 24.6 Å². The number of carbonyl (C=O) groups is 1. The molecule has 2 heterocycles. The fraction of sp³-hybridized carbons (Fsp3) is 0.421. The highest BCUT2D eigenvalue weighted by Crippen LogP contribution is 2.26. The molecular weight excluding hydrogens is 385 g/mol. The molecule has 0 saturated carbocycles.